The van der Waals surface area contributed by atoms with Crippen LogP contribution in [-0.2, 0) is 19.1 Å². The van der Waals surface area contributed by atoms with Crippen LogP contribution in [0, 0.1) is 0 Å². The van der Waals surface area contributed by atoms with Crippen LogP contribution in [0.2, 0.25) is 0 Å². The number of hydrogen-bond acceptors (Lipinski definition) is 7. The number of amides is 3. The second-order valence-electron chi connectivity index (χ2n) is 10.1. The molecule has 1 aromatic carbocycles. The fraction of sp³-hybridized carbons (Fsp3) is 0.571. The van der Waals surface area contributed by atoms with Crippen LogP contribution in [0.25, 0.3) is 0 Å². The van der Waals surface area contributed by atoms with E-state index in [1.807, 2.05) is 6.92 Å². The highest BCUT2D eigenvalue weighted by Gasteiger charge is 2.39. The lowest BCUT2D eigenvalue weighted by Gasteiger charge is -2.22. The molecule has 1 aliphatic carbocycles. The van der Waals surface area contributed by atoms with Crippen molar-refractivity contribution in [2.45, 2.75) is 75.6 Å². The first kappa shape index (κ1) is 31.1. The molecule has 2 fully saturated rings. The van der Waals surface area contributed by atoms with E-state index in [1.165, 1.54) is 38.1 Å². The van der Waals surface area contributed by atoms with Gasteiger partial charge >= 0.3 is 5.97 Å². The Hall–Kier alpha value is -3.41. The van der Waals surface area contributed by atoms with Crippen LogP contribution >= 0.6 is 11.8 Å². The summed E-state index contributed by atoms with van der Waals surface area (Å²) in [5.41, 5.74) is 7.19. The van der Waals surface area contributed by atoms with Crippen molar-refractivity contribution in [2.24, 2.45) is 15.7 Å². The van der Waals surface area contributed by atoms with Crippen molar-refractivity contribution >= 4 is 46.5 Å². The monoisotopic (exact) mass is 572 g/mol. The zero-order chi connectivity index (χ0) is 29.1. The minimum atomic E-state index is -0.467. The Kier molecular flexibility index (Phi) is 12.0. The number of carbonyl (C=O) groups excluding carboxylic acids is 4. The number of nitrogens with one attached hydrogen (secondary N) is 2. The molecule has 0 radical (unpaired) electrons. The maximum Gasteiger partial charge on any atom is 0.307 e. The van der Waals surface area contributed by atoms with Gasteiger partial charge in [-0.25, -0.2) is 0 Å². The van der Waals surface area contributed by atoms with Crippen LogP contribution in [0.15, 0.2) is 34.3 Å². The number of thioether (sulfide) groups is 1. The number of methoxy groups -OCH3 is 1. The lowest BCUT2D eigenvalue weighted by atomic mass is 9.95. The van der Waals surface area contributed by atoms with E-state index in [-0.39, 0.29) is 30.8 Å². The fourth-order valence-electron chi connectivity index (χ4n) is 4.55. The Bertz CT molecular complexity index is 1120. The number of hydrogen-bond donors (Lipinski definition) is 3. The summed E-state index contributed by atoms with van der Waals surface area (Å²) in [6, 6.07) is 6.83. The molecule has 3 amide bonds. The quantitative estimate of drug-likeness (QED) is 0.158. The minimum absolute atomic E-state index is 0.0659. The summed E-state index contributed by atoms with van der Waals surface area (Å²) < 4.78 is 4.58. The molecule has 0 aromatic heterocycles. The Morgan fingerprint density at radius 1 is 1.07 bits per heavy atom. The van der Waals surface area contributed by atoms with Crippen LogP contribution in [0.5, 0.6) is 0 Å². The van der Waals surface area contributed by atoms with Gasteiger partial charge in [-0.3, -0.25) is 24.2 Å². The molecule has 12 heteroatoms. The summed E-state index contributed by atoms with van der Waals surface area (Å²) in [5.74, 6) is -0.644. The maximum atomic E-state index is 12.8. The smallest absolute Gasteiger partial charge is 0.307 e. The van der Waals surface area contributed by atoms with Gasteiger partial charge in [0.25, 0.3) is 5.91 Å². The summed E-state index contributed by atoms with van der Waals surface area (Å²) in [6.07, 6.45) is 6.86. The third-order valence-electron chi connectivity index (χ3n) is 7.14. The lowest BCUT2D eigenvalue weighted by Crippen LogP contribution is -2.41. The summed E-state index contributed by atoms with van der Waals surface area (Å²) >= 11 is 1.21. The summed E-state index contributed by atoms with van der Waals surface area (Å²) in [5, 5.41) is 5.82. The molecule has 0 spiro atoms. The molecule has 3 rings (SSSR count). The zero-order valence-corrected chi connectivity index (χ0v) is 24.3. The number of ether oxygens (including phenoxy) is 1. The lowest BCUT2D eigenvalue weighted by molar-refractivity contribution is -0.140. The van der Waals surface area contributed by atoms with Gasteiger partial charge in [0, 0.05) is 49.8 Å². The SMILES string of the molecule is COC(=O)CCNC(=O)C1SC(=NC(=O)c2ccc(C(N)=NCCCC(=O)NC3CCCCC3)cc2)N(C)C1C. The van der Waals surface area contributed by atoms with Crippen LogP contribution in [-0.4, -0.2) is 84.2 Å². The summed E-state index contributed by atoms with van der Waals surface area (Å²) in [6.45, 7) is 2.50. The number of esters is 1. The standard InChI is InChI=1S/C28H40N6O5S/c1-18-24(27(38)31-17-15-23(36)39-3)40-28(34(18)2)33-26(37)20-13-11-19(12-14-20)25(29)30-16-7-10-22(35)32-21-8-5-4-6-9-21/h11-14,18,21,24H,4-10,15-17H2,1-3H3,(H2,29,30)(H,31,38)(H,32,35). The van der Waals surface area contributed by atoms with Crippen molar-refractivity contribution in [1.29, 1.82) is 0 Å². The van der Waals surface area contributed by atoms with Gasteiger partial charge in [-0.15, -0.1) is 0 Å². The highest BCUT2D eigenvalue weighted by atomic mass is 32.2. The maximum absolute atomic E-state index is 12.8. The Morgan fingerprint density at radius 3 is 2.42 bits per heavy atom. The molecule has 4 N–H and O–H groups in total. The van der Waals surface area contributed by atoms with E-state index >= 15 is 0 Å². The zero-order valence-electron chi connectivity index (χ0n) is 23.5. The fourth-order valence-corrected chi connectivity index (χ4v) is 5.82. The number of rotatable bonds is 11. The molecule has 1 saturated heterocycles. The highest BCUT2D eigenvalue weighted by molar-refractivity contribution is 8.15. The normalized spacial score (nSPS) is 20.8. The number of carbonyl (C=O) groups is 4. The number of nitrogens with two attached hydrogens (primary N) is 1. The number of nitrogens with zero attached hydrogens (tertiary/aromatic N) is 3. The average molecular weight is 573 g/mol. The third-order valence-corrected chi connectivity index (χ3v) is 8.59. The molecule has 1 aromatic rings. The van der Waals surface area contributed by atoms with E-state index in [0.29, 0.717) is 47.6 Å². The molecule has 1 aliphatic heterocycles. The van der Waals surface area contributed by atoms with Crippen molar-refractivity contribution < 1.29 is 23.9 Å². The molecule has 11 nitrogen and oxygen atoms in total. The van der Waals surface area contributed by atoms with Crippen LogP contribution in [0.4, 0.5) is 0 Å². The predicted octanol–water partition coefficient (Wildman–Crippen LogP) is 2.23. The third kappa shape index (κ3) is 9.07. The molecule has 0 bridgehead atoms. The largest absolute Gasteiger partial charge is 0.469 e. The van der Waals surface area contributed by atoms with Gasteiger partial charge in [0.1, 0.15) is 11.1 Å². The van der Waals surface area contributed by atoms with Gasteiger partial charge in [0.2, 0.25) is 11.8 Å². The summed E-state index contributed by atoms with van der Waals surface area (Å²) in [7, 11) is 3.08. The van der Waals surface area contributed by atoms with E-state index in [1.54, 1.807) is 36.2 Å². The first-order valence-electron chi connectivity index (χ1n) is 13.8. The average Bonchev–Trinajstić information content (AvgIpc) is 3.24. The Labute approximate surface area is 239 Å². The van der Waals surface area contributed by atoms with Crippen LogP contribution < -0.4 is 16.4 Å². The topological polar surface area (TPSA) is 156 Å². The Morgan fingerprint density at radius 2 is 1.75 bits per heavy atom. The molecular formula is C28H40N6O5S. The van der Waals surface area contributed by atoms with Crippen molar-refractivity contribution in [1.82, 2.24) is 15.5 Å². The number of benzene rings is 1. The first-order valence-corrected chi connectivity index (χ1v) is 14.6. The molecule has 218 valence electrons. The van der Waals surface area contributed by atoms with Gasteiger partial charge in [-0.05, 0) is 38.3 Å². The first-order chi connectivity index (χ1) is 19.2. The van der Waals surface area contributed by atoms with Gasteiger partial charge < -0.3 is 26.0 Å². The second kappa shape index (κ2) is 15.4. The molecule has 1 saturated carbocycles. The van der Waals surface area contributed by atoms with E-state index < -0.39 is 17.1 Å². The molecule has 2 atom stereocenters. The molecular weight excluding hydrogens is 532 g/mol. The molecule has 2 unspecified atom stereocenters. The van der Waals surface area contributed by atoms with Crippen molar-refractivity contribution in [3.63, 3.8) is 0 Å². The van der Waals surface area contributed by atoms with E-state index in [4.69, 9.17) is 5.73 Å². The summed E-state index contributed by atoms with van der Waals surface area (Å²) in [4.78, 5) is 59.2. The molecule has 1 heterocycles. The van der Waals surface area contributed by atoms with Gasteiger partial charge in [0.05, 0.1) is 13.5 Å². The number of amidine groups is 2. The van der Waals surface area contributed by atoms with E-state index in [0.717, 1.165) is 12.8 Å². The van der Waals surface area contributed by atoms with Crippen LogP contribution in [0.3, 0.4) is 0 Å². The van der Waals surface area contributed by atoms with Crippen molar-refractivity contribution in [3.05, 3.63) is 35.4 Å². The molecule has 2 aliphatic rings. The number of aliphatic imine (C=N–C) groups is 2. The van der Waals surface area contributed by atoms with E-state index in [9.17, 15) is 19.2 Å². The van der Waals surface area contributed by atoms with E-state index in [2.05, 4.69) is 25.4 Å². The van der Waals surface area contributed by atoms with Crippen LogP contribution in [0.1, 0.15) is 74.2 Å². The second-order valence-corrected chi connectivity index (χ2v) is 11.2. The molecule has 40 heavy (non-hydrogen) atoms. The van der Waals surface area contributed by atoms with Crippen molar-refractivity contribution in [2.75, 3.05) is 27.2 Å². The van der Waals surface area contributed by atoms with Gasteiger partial charge in [-0.2, -0.15) is 4.99 Å². The predicted molar refractivity (Wildman–Crippen MR) is 156 cm³/mol. The minimum Gasteiger partial charge on any atom is -0.469 e. The van der Waals surface area contributed by atoms with Gasteiger partial charge in [0.15, 0.2) is 5.17 Å². The van der Waals surface area contributed by atoms with Crippen molar-refractivity contribution in [3.8, 4) is 0 Å². The Balaban J connectivity index is 1.48. The highest BCUT2D eigenvalue weighted by Crippen LogP contribution is 2.31. The van der Waals surface area contributed by atoms with Gasteiger partial charge in [-0.1, -0.05) is 43.2 Å².